The van der Waals surface area contributed by atoms with Gasteiger partial charge >= 0.3 is 6.18 Å². The van der Waals surface area contributed by atoms with Crippen LogP contribution in [0.1, 0.15) is 5.69 Å². The standard InChI is InChI=1S/C19H15ClF4N2O4S/c1-30-16-4-3-12(9-13(16)20)26-15(10-18(25-26)19(22,23)24)11-2-5-17(14(21)8-11)31(28,29)7-6-27/h2-5,8-10,27H,6-7H2,1H3. The van der Waals surface area contributed by atoms with Gasteiger partial charge in [0.2, 0.25) is 0 Å². The molecule has 0 saturated heterocycles. The van der Waals surface area contributed by atoms with Crippen LogP contribution in [0.3, 0.4) is 0 Å². The molecule has 0 radical (unpaired) electrons. The summed E-state index contributed by atoms with van der Waals surface area (Å²) in [5.74, 6) is -1.57. The molecule has 6 nitrogen and oxygen atoms in total. The first-order valence-corrected chi connectivity index (χ1v) is 10.7. The molecule has 0 saturated carbocycles. The van der Waals surface area contributed by atoms with Gasteiger partial charge in [-0.2, -0.15) is 18.3 Å². The van der Waals surface area contributed by atoms with Gasteiger partial charge in [0.1, 0.15) is 16.5 Å². The van der Waals surface area contributed by atoms with Crippen LogP contribution in [0.2, 0.25) is 5.02 Å². The quantitative estimate of drug-likeness (QED) is 0.539. The molecule has 0 aliphatic rings. The average Bonchev–Trinajstić information content (AvgIpc) is 3.13. The molecule has 0 fully saturated rings. The van der Waals surface area contributed by atoms with Crippen molar-refractivity contribution >= 4 is 21.4 Å². The van der Waals surface area contributed by atoms with Crippen molar-refractivity contribution in [3.05, 3.63) is 59.0 Å². The number of hydrogen-bond donors (Lipinski definition) is 1. The third-order valence-electron chi connectivity index (χ3n) is 4.30. The molecule has 166 valence electrons. The first-order chi connectivity index (χ1) is 14.5. The molecule has 0 aliphatic heterocycles. The molecule has 0 atom stereocenters. The summed E-state index contributed by atoms with van der Waals surface area (Å²) in [6, 6.07) is 7.78. The number of nitrogens with zero attached hydrogens (tertiary/aromatic N) is 2. The average molecular weight is 479 g/mol. The van der Waals surface area contributed by atoms with Crippen molar-refractivity contribution in [3.8, 4) is 22.7 Å². The second-order valence-corrected chi connectivity index (χ2v) is 8.82. The van der Waals surface area contributed by atoms with E-state index in [2.05, 4.69) is 5.10 Å². The highest BCUT2D eigenvalue weighted by atomic mass is 35.5. The van der Waals surface area contributed by atoms with Crippen LogP contribution in [-0.4, -0.2) is 42.8 Å². The Morgan fingerprint density at radius 1 is 1.16 bits per heavy atom. The van der Waals surface area contributed by atoms with E-state index in [1.807, 2.05) is 0 Å². The maximum atomic E-state index is 14.5. The molecule has 0 spiro atoms. The lowest BCUT2D eigenvalue weighted by atomic mass is 10.1. The van der Waals surface area contributed by atoms with Gasteiger partial charge in [-0.15, -0.1) is 0 Å². The maximum Gasteiger partial charge on any atom is 0.435 e. The zero-order valence-electron chi connectivity index (χ0n) is 15.8. The topological polar surface area (TPSA) is 81.4 Å². The highest BCUT2D eigenvalue weighted by molar-refractivity contribution is 7.91. The van der Waals surface area contributed by atoms with Gasteiger partial charge < -0.3 is 9.84 Å². The van der Waals surface area contributed by atoms with Crippen LogP contribution < -0.4 is 4.74 Å². The molecule has 0 amide bonds. The maximum absolute atomic E-state index is 14.5. The number of halogens is 5. The summed E-state index contributed by atoms with van der Waals surface area (Å²) in [4.78, 5) is -0.667. The molecule has 1 heterocycles. The van der Waals surface area contributed by atoms with Crippen LogP contribution >= 0.6 is 11.6 Å². The Morgan fingerprint density at radius 3 is 2.42 bits per heavy atom. The van der Waals surface area contributed by atoms with Gasteiger partial charge in [-0.1, -0.05) is 17.7 Å². The summed E-state index contributed by atoms with van der Waals surface area (Å²) in [5, 5.41) is 12.5. The first-order valence-electron chi connectivity index (χ1n) is 8.62. The zero-order chi connectivity index (χ0) is 23.0. The third kappa shape index (κ3) is 4.68. The predicted octanol–water partition coefficient (Wildman–Crippen LogP) is 4.13. The number of aromatic nitrogens is 2. The summed E-state index contributed by atoms with van der Waals surface area (Å²) in [5.41, 5.74) is -1.27. The largest absolute Gasteiger partial charge is 0.495 e. The molecule has 31 heavy (non-hydrogen) atoms. The monoisotopic (exact) mass is 478 g/mol. The zero-order valence-corrected chi connectivity index (χ0v) is 17.4. The van der Waals surface area contributed by atoms with Gasteiger partial charge in [0.25, 0.3) is 0 Å². The fourth-order valence-corrected chi connectivity index (χ4v) is 4.20. The number of rotatable bonds is 6. The SMILES string of the molecule is COc1ccc(-n2nc(C(F)(F)F)cc2-c2ccc(S(=O)(=O)CCO)c(F)c2)cc1Cl. The second kappa shape index (κ2) is 8.48. The van der Waals surface area contributed by atoms with Gasteiger partial charge in [0.15, 0.2) is 15.5 Å². The van der Waals surface area contributed by atoms with Crippen LogP contribution in [0.15, 0.2) is 47.4 Å². The van der Waals surface area contributed by atoms with E-state index in [1.54, 1.807) is 0 Å². The van der Waals surface area contributed by atoms with Crippen molar-refractivity contribution in [2.75, 3.05) is 19.5 Å². The number of methoxy groups -OCH3 is 1. The number of aliphatic hydroxyl groups excluding tert-OH is 1. The lowest BCUT2D eigenvalue weighted by molar-refractivity contribution is -0.141. The Hall–Kier alpha value is -2.63. The van der Waals surface area contributed by atoms with Crippen molar-refractivity contribution < 1.29 is 35.8 Å². The van der Waals surface area contributed by atoms with Gasteiger partial charge in [-0.3, -0.25) is 0 Å². The predicted molar refractivity (Wildman–Crippen MR) is 105 cm³/mol. The number of sulfone groups is 1. The van der Waals surface area contributed by atoms with Crippen molar-refractivity contribution in [2.45, 2.75) is 11.1 Å². The summed E-state index contributed by atoms with van der Waals surface area (Å²) < 4.78 is 84.4. The minimum atomic E-state index is -4.78. The molecule has 0 unspecified atom stereocenters. The number of ether oxygens (including phenoxy) is 1. The Kier molecular flexibility index (Phi) is 6.30. The third-order valence-corrected chi connectivity index (χ3v) is 6.32. The summed E-state index contributed by atoms with van der Waals surface area (Å²) in [6.45, 7) is -0.705. The van der Waals surface area contributed by atoms with Crippen LogP contribution in [0.4, 0.5) is 17.6 Å². The van der Waals surface area contributed by atoms with Crippen molar-refractivity contribution in [1.82, 2.24) is 9.78 Å². The number of alkyl halides is 3. The molecule has 2 aromatic carbocycles. The van der Waals surface area contributed by atoms with E-state index in [0.717, 1.165) is 28.9 Å². The van der Waals surface area contributed by atoms with Crippen LogP contribution in [-0.2, 0) is 16.0 Å². The van der Waals surface area contributed by atoms with Crippen LogP contribution in [0.5, 0.6) is 5.75 Å². The molecule has 0 bridgehead atoms. The van der Waals surface area contributed by atoms with Gasteiger partial charge in [0.05, 0.1) is 35.9 Å². The molecule has 1 N–H and O–H groups in total. The smallest absolute Gasteiger partial charge is 0.435 e. The summed E-state index contributed by atoms with van der Waals surface area (Å²) in [6.07, 6.45) is -4.78. The first kappa shape index (κ1) is 23.0. The van der Waals surface area contributed by atoms with E-state index in [-0.39, 0.29) is 22.0 Å². The molecular weight excluding hydrogens is 464 g/mol. The van der Waals surface area contributed by atoms with E-state index in [0.29, 0.717) is 5.75 Å². The van der Waals surface area contributed by atoms with Crippen molar-refractivity contribution in [3.63, 3.8) is 0 Å². The van der Waals surface area contributed by atoms with E-state index < -0.39 is 44.8 Å². The Labute approximate surface area is 179 Å². The Morgan fingerprint density at radius 2 is 1.87 bits per heavy atom. The Bertz CT molecular complexity index is 1230. The van der Waals surface area contributed by atoms with Crippen molar-refractivity contribution in [2.24, 2.45) is 0 Å². The van der Waals surface area contributed by atoms with Gasteiger partial charge in [-0.05, 0) is 36.4 Å². The number of aliphatic hydroxyl groups is 1. The fourth-order valence-electron chi connectivity index (χ4n) is 2.85. The molecule has 12 heteroatoms. The normalized spacial score (nSPS) is 12.2. The Balaban J connectivity index is 2.18. The van der Waals surface area contributed by atoms with Crippen LogP contribution in [0.25, 0.3) is 16.9 Å². The molecule has 3 aromatic rings. The summed E-state index contributed by atoms with van der Waals surface area (Å²) >= 11 is 6.06. The summed E-state index contributed by atoms with van der Waals surface area (Å²) in [7, 11) is -2.72. The lowest BCUT2D eigenvalue weighted by Crippen LogP contribution is -2.12. The molecule has 1 aromatic heterocycles. The fraction of sp³-hybridized carbons (Fsp3) is 0.211. The van der Waals surface area contributed by atoms with Gasteiger partial charge in [-0.25, -0.2) is 17.5 Å². The second-order valence-electron chi connectivity index (χ2n) is 6.33. The number of hydrogen-bond acceptors (Lipinski definition) is 5. The van der Waals surface area contributed by atoms with E-state index >= 15 is 0 Å². The minimum Gasteiger partial charge on any atom is -0.495 e. The molecule has 3 rings (SSSR count). The highest BCUT2D eigenvalue weighted by Gasteiger charge is 2.35. The molecule has 0 aliphatic carbocycles. The van der Waals surface area contributed by atoms with E-state index in [9.17, 15) is 26.0 Å². The molecular formula is C19H15ClF4N2O4S. The van der Waals surface area contributed by atoms with E-state index in [4.69, 9.17) is 21.4 Å². The van der Waals surface area contributed by atoms with Crippen LogP contribution in [0, 0.1) is 5.82 Å². The van der Waals surface area contributed by atoms with E-state index in [1.165, 1.54) is 25.3 Å². The lowest BCUT2D eigenvalue weighted by Gasteiger charge is -2.11. The number of benzene rings is 2. The minimum absolute atomic E-state index is 0.0459. The highest BCUT2D eigenvalue weighted by Crippen LogP contribution is 2.35. The van der Waals surface area contributed by atoms with Gasteiger partial charge in [0, 0.05) is 5.56 Å². The van der Waals surface area contributed by atoms with Crippen molar-refractivity contribution in [1.29, 1.82) is 0 Å².